The quantitative estimate of drug-likeness (QED) is 0.694. The second kappa shape index (κ2) is 7.20. The highest BCUT2D eigenvalue weighted by atomic mass is 16.5. The van der Waals surface area contributed by atoms with Crippen LogP contribution in [0.5, 0.6) is 0 Å². The van der Waals surface area contributed by atoms with Gasteiger partial charge in [0.1, 0.15) is 0 Å². The molecule has 7 nitrogen and oxygen atoms in total. The number of carbonyl (C=O) groups is 2. The molecule has 0 spiro atoms. The van der Waals surface area contributed by atoms with E-state index in [1.54, 1.807) is 12.0 Å². The zero-order valence-corrected chi connectivity index (χ0v) is 12.7. The normalized spacial score (nSPS) is 27.0. The number of rotatable bonds is 6. The predicted octanol–water partition coefficient (Wildman–Crippen LogP) is -0.798. The van der Waals surface area contributed by atoms with Gasteiger partial charge in [0.05, 0.1) is 38.3 Å². The van der Waals surface area contributed by atoms with Crippen molar-refractivity contribution < 1.29 is 19.1 Å². The van der Waals surface area contributed by atoms with E-state index in [9.17, 15) is 9.59 Å². The molecule has 0 aliphatic carbocycles. The average Bonchev–Trinajstić information content (AvgIpc) is 2.83. The topological polar surface area (TPSA) is 85.1 Å². The van der Waals surface area contributed by atoms with E-state index in [0.29, 0.717) is 32.9 Å². The van der Waals surface area contributed by atoms with Gasteiger partial charge in [-0.05, 0) is 12.8 Å². The van der Waals surface area contributed by atoms with Gasteiger partial charge in [-0.1, -0.05) is 0 Å². The Balaban J connectivity index is 2.03. The number of carbonyl (C=O) groups excluding carboxylic acids is 2. The summed E-state index contributed by atoms with van der Waals surface area (Å²) >= 11 is 0. The number of hydrogen-bond acceptors (Lipinski definition) is 5. The first-order valence-corrected chi connectivity index (χ1v) is 7.45. The summed E-state index contributed by atoms with van der Waals surface area (Å²) in [5.74, 6) is -0.342. The lowest BCUT2D eigenvalue weighted by Gasteiger charge is -2.38. The van der Waals surface area contributed by atoms with Crippen LogP contribution >= 0.6 is 0 Å². The SMILES string of the molecule is COCC1(CC(N)=O)CCCN1C(=O)CN1CCOCC1. The van der Waals surface area contributed by atoms with Gasteiger partial charge in [0.2, 0.25) is 11.8 Å². The lowest BCUT2D eigenvalue weighted by molar-refractivity contribution is -0.141. The minimum absolute atomic E-state index is 0.0488. The Morgan fingerprint density at radius 1 is 1.29 bits per heavy atom. The van der Waals surface area contributed by atoms with Crippen molar-refractivity contribution in [2.45, 2.75) is 24.8 Å². The smallest absolute Gasteiger partial charge is 0.237 e. The molecule has 2 heterocycles. The number of hydrogen-bond donors (Lipinski definition) is 1. The molecule has 21 heavy (non-hydrogen) atoms. The Morgan fingerprint density at radius 3 is 2.62 bits per heavy atom. The number of nitrogens with zero attached hydrogens (tertiary/aromatic N) is 2. The third kappa shape index (κ3) is 3.93. The van der Waals surface area contributed by atoms with Gasteiger partial charge in [-0.25, -0.2) is 0 Å². The number of morpholine rings is 1. The first-order chi connectivity index (χ1) is 10.1. The number of likely N-dealkylation sites (tertiary alicyclic amines) is 1. The summed E-state index contributed by atoms with van der Waals surface area (Å²) < 4.78 is 10.6. The first-order valence-electron chi connectivity index (χ1n) is 7.45. The minimum Gasteiger partial charge on any atom is -0.382 e. The number of ether oxygens (including phenoxy) is 2. The third-order valence-corrected chi connectivity index (χ3v) is 4.28. The molecule has 2 N–H and O–H groups in total. The lowest BCUT2D eigenvalue weighted by Crippen LogP contribution is -2.55. The average molecular weight is 299 g/mol. The molecule has 0 aromatic heterocycles. The van der Waals surface area contributed by atoms with Crippen LogP contribution in [0.15, 0.2) is 0 Å². The molecule has 7 heteroatoms. The van der Waals surface area contributed by atoms with Gasteiger partial charge in [-0.15, -0.1) is 0 Å². The summed E-state index contributed by atoms with van der Waals surface area (Å²) in [7, 11) is 1.59. The molecule has 2 aliphatic heterocycles. The predicted molar refractivity (Wildman–Crippen MR) is 76.6 cm³/mol. The Kier molecular flexibility index (Phi) is 5.55. The van der Waals surface area contributed by atoms with Crippen molar-refractivity contribution in [1.82, 2.24) is 9.80 Å². The molecule has 2 saturated heterocycles. The van der Waals surface area contributed by atoms with E-state index in [2.05, 4.69) is 4.90 Å². The molecule has 0 aromatic carbocycles. The van der Waals surface area contributed by atoms with Gasteiger partial charge in [-0.3, -0.25) is 14.5 Å². The second-order valence-corrected chi connectivity index (χ2v) is 5.84. The molecule has 0 aromatic rings. The fourth-order valence-electron chi connectivity index (χ4n) is 3.34. The molecule has 2 fully saturated rings. The summed E-state index contributed by atoms with van der Waals surface area (Å²) in [5, 5.41) is 0. The minimum atomic E-state index is -0.566. The maximum atomic E-state index is 12.6. The van der Waals surface area contributed by atoms with Gasteiger partial charge in [0, 0.05) is 26.7 Å². The van der Waals surface area contributed by atoms with Crippen LogP contribution in [-0.4, -0.2) is 80.3 Å². The van der Waals surface area contributed by atoms with Crippen LogP contribution in [0.3, 0.4) is 0 Å². The van der Waals surface area contributed by atoms with Crippen molar-refractivity contribution in [3.63, 3.8) is 0 Å². The Hall–Kier alpha value is -1.18. The van der Waals surface area contributed by atoms with Gasteiger partial charge in [0.15, 0.2) is 0 Å². The van der Waals surface area contributed by atoms with E-state index in [-0.39, 0.29) is 12.3 Å². The molecule has 1 atom stereocenters. The molecule has 0 radical (unpaired) electrons. The van der Waals surface area contributed by atoms with E-state index in [4.69, 9.17) is 15.2 Å². The summed E-state index contributed by atoms with van der Waals surface area (Å²) in [6.07, 6.45) is 1.81. The molecule has 0 bridgehead atoms. The first kappa shape index (κ1) is 16.2. The van der Waals surface area contributed by atoms with Gasteiger partial charge in [-0.2, -0.15) is 0 Å². The van der Waals surface area contributed by atoms with E-state index < -0.39 is 11.4 Å². The van der Waals surface area contributed by atoms with E-state index in [0.717, 1.165) is 25.9 Å². The van der Waals surface area contributed by atoms with Gasteiger partial charge < -0.3 is 20.1 Å². The highest BCUT2D eigenvalue weighted by Crippen LogP contribution is 2.33. The van der Waals surface area contributed by atoms with Crippen molar-refractivity contribution in [2.75, 3.05) is 53.1 Å². The van der Waals surface area contributed by atoms with Gasteiger partial charge >= 0.3 is 0 Å². The van der Waals surface area contributed by atoms with Gasteiger partial charge in [0.25, 0.3) is 0 Å². The van der Waals surface area contributed by atoms with E-state index in [1.807, 2.05) is 0 Å². The number of methoxy groups -OCH3 is 1. The van der Waals surface area contributed by atoms with Crippen LogP contribution in [0.25, 0.3) is 0 Å². The maximum absolute atomic E-state index is 12.6. The Bertz CT molecular complexity index is 384. The molecule has 2 amide bonds. The van der Waals surface area contributed by atoms with Crippen LogP contribution in [0, 0.1) is 0 Å². The van der Waals surface area contributed by atoms with Crippen molar-refractivity contribution in [3.05, 3.63) is 0 Å². The van der Waals surface area contributed by atoms with Crippen molar-refractivity contribution in [3.8, 4) is 0 Å². The summed E-state index contributed by atoms with van der Waals surface area (Å²) in [5.41, 5.74) is 4.81. The monoisotopic (exact) mass is 299 g/mol. The Morgan fingerprint density at radius 2 is 2.00 bits per heavy atom. The largest absolute Gasteiger partial charge is 0.382 e. The van der Waals surface area contributed by atoms with E-state index >= 15 is 0 Å². The van der Waals surface area contributed by atoms with E-state index in [1.165, 1.54) is 0 Å². The standard InChI is InChI=1S/C14H25N3O4/c1-20-11-14(9-12(15)18)3-2-4-17(14)13(19)10-16-5-7-21-8-6-16/h2-11H2,1H3,(H2,15,18). The van der Waals surface area contributed by atoms with Crippen LogP contribution in [0.1, 0.15) is 19.3 Å². The lowest BCUT2D eigenvalue weighted by atomic mass is 9.92. The second-order valence-electron chi connectivity index (χ2n) is 5.84. The number of nitrogens with two attached hydrogens (primary N) is 1. The van der Waals surface area contributed by atoms with Crippen LogP contribution in [0.4, 0.5) is 0 Å². The van der Waals surface area contributed by atoms with Crippen molar-refractivity contribution in [2.24, 2.45) is 5.73 Å². The zero-order chi connectivity index (χ0) is 15.3. The fourth-order valence-corrected chi connectivity index (χ4v) is 3.34. The molecular weight excluding hydrogens is 274 g/mol. The maximum Gasteiger partial charge on any atom is 0.237 e. The number of amides is 2. The van der Waals surface area contributed by atoms with Crippen LogP contribution in [-0.2, 0) is 19.1 Å². The molecule has 120 valence electrons. The van der Waals surface area contributed by atoms with Crippen LogP contribution in [0.2, 0.25) is 0 Å². The zero-order valence-electron chi connectivity index (χ0n) is 12.7. The molecule has 0 saturated carbocycles. The highest BCUT2D eigenvalue weighted by Gasteiger charge is 2.44. The molecule has 2 rings (SSSR count). The highest BCUT2D eigenvalue weighted by molar-refractivity contribution is 5.82. The Labute approximate surface area is 125 Å². The van der Waals surface area contributed by atoms with Crippen LogP contribution < -0.4 is 5.73 Å². The molecule has 1 unspecified atom stereocenters. The summed E-state index contributed by atoms with van der Waals surface area (Å²) in [6, 6.07) is 0. The number of primary amides is 1. The van der Waals surface area contributed by atoms with Crippen molar-refractivity contribution >= 4 is 11.8 Å². The fraction of sp³-hybridized carbons (Fsp3) is 0.857. The summed E-state index contributed by atoms with van der Waals surface area (Å²) in [6.45, 7) is 4.26. The third-order valence-electron chi connectivity index (χ3n) is 4.28. The summed E-state index contributed by atoms with van der Waals surface area (Å²) in [4.78, 5) is 27.9. The van der Waals surface area contributed by atoms with Crippen molar-refractivity contribution in [1.29, 1.82) is 0 Å². The molecular formula is C14H25N3O4. The molecule has 2 aliphatic rings.